The highest BCUT2D eigenvalue weighted by Crippen LogP contribution is 2.35. The van der Waals surface area contributed by atoms with Gasteiger partial charge < -0.3 is 10.2 Å². The van der Waals surface area contributed by atoms with E-state index in [2.05, 4.69) is 20.3 Å². The van der Waals surface area contributed by atoms with Crippen LogP contribution in [0.25, 0.3) is 5.65 Å². The van der Waals surface area contributed by atoms with E-state index < -0.39 is 0 Å². The third-order valence-corrected chi connectivity index (χ3v) is 5.54. The maximum atomic E-state index is 13.8. The van der Waals surface area contributed by atoms with Crippen molar-refractivity contribution in [1.82, 2.24) is 24.9 Å². The number of carbonyl (C=O) groups is 1. The standard InChI is InChI=1S/C23H21FN6O/c24-18-6-3-5-16(13-18)20-8-4-11-29(20)21-9-12-30-22(28-21)17(15-27-30)14-26-23(31)19-7-1-2-10-25-19/h1-3,5-7,9-10,12-13,15,20H,4,8,11,14H2,(H,26,31). The first-order valence-corrected chi connectivity index (χ1v) is 10.2. The van der Waals surface area contributed by atoms with Crippen LogP contribution in [0.2, 0.25) is 0 Å². The van der Waals surface area contributed by atoms with E-state index in [1.165, 1.54) is 6.07 Å². The van der Waals surface area contributed by atoms with Gasteiger partial charge in [-0.15, -0.1) is 0 Å². The number of nitrogens with one attached hydrogen (secondary N) is 1. The van der Waals surface area contributed by atoms with E-state index in [4.69, 9.17) is 4.98 Å². The number of pyridine rings is 1. The van der Waals surface area contributed by atoms with E-state index in [1.54, 1.807) is 47.2 Å². The van der Waals surface area contributed by atoms with Crippen molar-refractivity contribution in [3.63, 3.8) is 0 Å². The first-order chi connectivity index (χ1) is 15.2. The van der Waals surface area contributed by atoms with Crippen molar-refractivity contribution in [2.24, 2.45) is 0 Å². The molecule has 5 rings (SSSR count). The van der Waals surface area contributed by atoms with Crippen LogP contribution >= 0.6 is 0 Å². The molecule has 0 saturated carbocycles. The number of carbonyl (C=O) groups excluding carboxylic acids is 1. The molecule has 4 aromatic rings. The lowest BCUT2D eigenvalue weighted by Gasteiger charge is -2.26. The van der Waals surface area contributed by atoms with Crippen molar-refractivity contribution in [2.75, 3.05) is 11.4 Å². The number of halogens is 1. The van der Waals surface area contributed by atoms with E-state index in [1.807, 2.05) is 18.3 Å². The molecule has 0 radical (unpaired) electrons. The first kappa shape index (κ1) is 19.2. The Morgan fingerprint density at radius 3 is 2.97 bits per heavy atom. The molecule has 1 aromatic carbocycles. The fraction of sp³-hybridized carbons (Fsp3) is 0.217. The smallest absolute Gasteiger partial charge is 0.270 e. The van der Waals surface area contributed by atoms with E-state index >= 15 is 0 Å². The number of fused-ring (bicyclic) bond motifs is 1. The summed E-state index contributed by atoms with van der Waals surface area (Å²) in [7, 11) is 0. The molecule has 1 aliphatic rings. The Hall–Kier alpha value is -3.81. The number of benzene rings is 1. The van der Waals surface area contributed by atoms with Gasteiger partial charge in [0.15, 0.2) is 5.65 Å². The second kappa shape index (κ2) is 8.14. The second-order valence-corrected chi connectivity index (χ2v) is 7.53. The monoisotopic (exact) mass is 416 g/mol. The topological polar surface area (TPSA) is 75.4 Å². The molecule has 8 heteroatoms. The minimum absolute atomic E-state index is 0.0841. The van der Waals surface area contributed by atoms with Crippen molar-refractivity contribution in [1.29, 1.82) is 0 Å². The Morgan fingerprint density at radius 2 is 2.13 bits per heavy atom. The van der Waals surface area contributed by atoms with E-state index in [9.17, 15) is 9.18 Å². The highest BCUT2D eigenvalue weighted by atomic mass is 19.1. The van der Waals surface area contributed by atoms with Crippen LogP contribution in [-0.4, -0.2) is 32.0 Å². The average Bonchev–Trinajstić information content (AvgIpc) is 3.45. The zero-order valence-electron chi connectivity index (χ0n) is 16.8. The first-order valence-electron chi connectivity index (χ1n) is 10.2. The largest absolute Gasteiger partial charge is 0.349 e. The number of nitrogens with zero attached hydrogens (tertiary/aromatic N) is 5. The van der Waals surface area contributed by atoms with Gasteiger partial charge in [-0.1, -0.05) is 18.2 Å². The molecule has 1 amide bonds. The maximum absolute atomic E-state index is 13.8. The number of aromatic nitrogens is 4. The van der Waals surface area contributed by atoms with Gasteiger partial charge in [0.2, 0.25) is 0 Å². The summed E-state index contributed by atoms with van der Waals surface area (Å²) >= 11 is 0. The van der Waals surface area contributed by atoms with E-state index in [0.29, 0.717) is 17.9 Å². The lowest BCUT2D eigenvalue weighted by molar-refractivity contribution is 0.0946. The fourth-order valence-electron chi connectivity index (χ4n) is 4.06. The molecule has 156 valence electrons. The summed E-state index contributed by atoms with van der Waals surface area (Å²) in [5, 5.41) is 7.22. The van der Waals surface area contributed by atoms with Gasteiger partial charge in [0.05, 0.1) is 12.2 Å². The van der Waals surface area contributed by atoms with Crippen molar-refractivity contribution >= 4 is 17.4 Å². The number of hydrogen-bond acceptors (Lipinski definition) is 5. The lowest BCUT2D eigenvalue weighted by Crippen LogP contribution is -2.24. The fourth-order valence-corrected chi connectivity index (χ4v) is 4.06. The van der Waals surface area contributed by atoms with Gasteiger partial charge in [-0.05, 0) is 48.7 Å². The van der Waals surface area contributed by atoms with Gasteiger partial charge in [0.25, 0.3) is 5.91 Å². The van der Waals surface area contributed by atoms with E-state index in [0.717, 1.165) is 36.3 Å². The van der Waals surface area contributed by atoms with Crippen LogP contribution in [-0.2, 0) is 6.54 Å². The molecular weight excluding hydrogens is 395 g/mol. The minimum Gasteiger partial charge on any atom is -0.349 e. The molecule has 31 heavy (non-hydrogen) atoms. The highest BCUT2D eigenvalue weighted by Gasteiger charge is 2.27. The molecule has 0 spiro atoms. The van der Waals surface area contributed by atoms with Gasteiger partial charge in [-0.3, -0.25) is 9.78 Å². The molecule has 0 bridgehead atoms. The SMILES string of the molecule is O=C(NCc1cnn2ccc(N3CCCC3c3cccc(F)c3)nc12)c1ccccn1. The Morgan fingerprint density at radius 1 is 1.19 bits per heavy atom. The molecular formula is C23H21FN6O. The van der Waals surface area contributed by atoms with Crippen LogP contribution < -0.4 is 10.2 Å². The molecule has 4 heterocycles. The zero-order chi connectivity index (χ0) is 21.2. The van der Waals surface area contributed by atoms with Crippen LogP contribution in [0.5, 0.6) is 0 Å². The van der Waals surface area contributed by atoms with Gasteiger partial charge in [0, 0.05) is 31.0 Å². The second-order valence-electron chi connectivity index (χ2n) is 7.53. The van der Waals surface area contributed by atoms with Crippen molar-refractivity contribution in [3.8, 4) is 0 Å². The predicted molar refractivity (Wildman–Crippen MR) is 114 cm³/mol. The predicted octanol–water partition coefficient (Wildman–Crippen LogP) is 3.53. The van der Waals surface area contributed by atoms with Gasteiger partial charge in [0.1, 0.15) is 17.3 Å². The normalized spacial score (nSPS) is 16.0. The number of rotatable bonds is 5. The molecule has 1 saturated heterocycles. The van der Waals surface area contributed by atoms with Crippen LogP contribution in [0, 0.1) is 5.82 Å². The molecule has 7 nitrogen and oxygen atoms in total. The van der Waals surface area contributed by atoms with Gasteiger partial charge in [-0.25, -0.2) is 13.9 Å². The molecule has 1 fully saturated rings. The quantitative estimate of drug-likeness (QED) is 0.539. The van der Waals surface area contributed by atoms with Gasteiger partial charge in [-0.2, -0.15) is 5.10 Å². The molecule has 0 aliphatic carbocycles. The molecule has 1 atom stereocenters. The van der Waals surface area contributed by atoms with Gasteiger partial charge >= 0.3 is 0 Å². The molecule has 1 N–H and O–H groups in total. The Labute approximate surface area is 178 Å². The van der Waals surface area contributed by atoms with Crippen LogP contribution in [0.4, 0.5) is 10.2 Å². The summed E-state index contributed by atoms with van der Waals surface area (Å²) in [5.41, 5.74) is 2.81. The molecule has 3 aromatic heterocycles. The molecule has 1 aliphatic heterocycles. The summed E-state index contributed by atoms with van der Waals surface area (Å²) < 4.78 is 15.5. The van der Waals surface area contributed by atoms with E-state index in [-0.39, 0.29) is 17.8 Å². The Bertz CT molecular complexity index is 1230. The minimum atomic E-state index is -0.248. The van der Waals surface area contributed by atoms with Crippen LogP contribution in [0.3, 0.4) is 0 Å². The van der Waals surface area contributed by atoms with Crippen LogP contribution in [0.15, 0.2) is 67.1 Å². The number of hydrogen-bond donors (Lipinski definition) is 1. The number of anilines is 1. The average molecular weight is 416 g/mol. The summed E-state index contributed by atoms with van der Waals surface area (Å²) in [6, 6.07) is 14.0. The van der Waals surface area contributed by atoms with Crippen molar-refractivity contribution in [3.05, 3.63) is 89.8 Å². The third-order valence-electron chi connectivity index (χ3n) is 5.54. The number of amides is 1. The van der Waals surface area contributed by atoms with Crippen molar-refractivity contribution in [2.45, 2.75) is 25.4 Å². The molecule has 1 unspecified atom stereocenters. The van der Waals surface area contributed by atoms with Crippen molar-refractivity contribution < 1.29 is 9.18 Å². The third kappa shape index (κ3) is 3.84. The summed E-state index contributed by atoms with van der Waals surface area (Å²) in [6.45, 7) is 1.15. The highest BCUT2D eigenvalue weighted by molar-refractivity contribution is 5.92. The zero-order valence-corrected chi connectivity index (χ0v) is 16.8. The van der Waals surface area contributed by atoms with Crippen LogP contribution in [0.1, 0.15) is 40.5 Å². The lowest BCUT2D eigenvalue weighted by atomic mass is 10.0. The Kier molecular flexibility index (Phi) is 5.03. The summed E-state index contributed by atoms with van der Waals surface area (Å²) in [4.78, 5) is 23.4. The maximum Gasteiger partial charge on any atom is 0.270 e. The summed E-state index contributed by atoms with van der Waals surface area (Å²) in [5.74, 6) is 0.341. The Balaban J connectivity index is 1.39. The summed E-state index contributed by atoms with van der Waals surface area (Å²) in [6.07, 6.45) is 7.12.